The number of benzene rings is 1. The maximum Gasteiger partial charge on any atom is 0.276 e. The van der Waals surface area contributed by atoms with Crippen molar-refractivity contribution in [3.63, 3.8) is 0 Å². The Bertz CT molecular complexity index is 847. The molecule has 0 spiro atoms. The predicted molar refractivity (Wildman–Crippen MR) is 90.2 cm³/mol. The van der Waals surface area contributed by atoms with Crippen LogP contribution in [0.4, 0.5) is 0 Å². The van der Waals surface area contributed by atoms with Crippen molar-refractivity contribution in [1.82, 2.24) is 15.0 Å². The van der Waals surface area contributed by atoms with E-state index in [1.54, 1.807) is 41.0 Å². The fourth-order valence-corrected chi connectivity index (χ4v) is 3.16. The minimum Gasteiger partial charge on any atom is -0.454 e. The topological polar surface area (TPSA) is 85.1 Å². The van der Waals surface area contributed by atoms with Crippen molar-refractivity contribution in [3.05, 3.63) is 41.3 Å². The molecule has 0 aliphatic carbocycles. The van der Waals surface area contributed by atoms with Crippen molar-refractivity contribution in [1.29, 1.82) is 0 Å². The largest absolute Gasteiger partial charge is 0.454 e. The zero-order valence-electron chi connectivity index (χ0n) is 14.4. The molecule has 1 saturated heterocycles. The van der Waals surface area contributed by atoms with Gasteiger partial charge in [-0.15, -0.1) is 0 Å². The molecule has 0 saturated carbocycles. The van der Waals surface area contributed by atoms with Gasteiger partial charge in [-0.3, -0.25) is 9.59 Å². The maximum absolute atomic E-state index is 12.8. The Morgan fingerprint density at radius 2 is 1.69 bits per heavy atom. The third-order valence-electron chi connectivity index (χ3n) is 4.54. The van der Waals surface area contributed by atoms with Crippen LogP contribution in [0.5, 0.6) is 11.5 Å². The Labute approximate surface area is 150 Å². The summed E-state index contributed by atoms with van der Waals surface area (Å²) >= 11 is 0. The van der Waals surface area contributed by atoms with Gasteiger partial charge in [0.25, 0.3) is 11.8 Å². The molecular formula is C18H19N3O5. The summed E-state index contributed by atoms with van der Waals surface area (Å²) in [7, 11) is 0. The zero-order chi connectivity index (χ0) is 18.1. The summed E-state index contributed by atoms with van der Waals surface area (Å²) in [6, 6.07) is 6.82. The van der Waals surface area contributed by atoms with Crippen LogP contribution in [-0.4, -0.2) is 59.7 Å². The number of rotatable bonds is 2. The van der Waals surface area contributed by atoms with Crippen molar-refractivity contribution in [2.24, 2.45) is 0 Å². The van der Waals surface area contributed by atoms with Gasteiger partial charge in [-0.2, -0.15) is 0 Å². The van der Waals surface area contributed by atoms with Crippen LogP contribution in [0, 0.1) is 6.92 Å². The van der Waals surface area contributed by atoms with Crippen LogP contribution in [0.1, 0.15) is 33.0 Å². The minimum absolute atomic E-state index is 0.0742. The van der Waals surface area contributed by atoms with Gasteiger partial charge in [0, 0.05) is 37.8 Å². The van der Waals surface area contributed by atoms with Crippen LogP contribution in [0.15, 0.2) is 28.8 Å². The molecule has 26 heavy (non-hydrogen) atoms. The highest BCUT2D eigenvalue weighted by Crippen LogP contribution is 2.32. The lowest BCUT2D eigenvalue weighted by Crippen LogP contribution is -2.37. The molecule has 1 fully saturated rings. The highest BCUT2D eigenvalue weighted by atomic mass is 16.7. The fourth-order valence-electron chi connectivity index (χ4n) is 3.16. The van der Waals surface area contributed by atoms with E-state index in [9.17, 15) is 9.59 Å². The van der Waals surface area contributed by atoms with E-state index in [0.29, 0.717) is 61.1 Å². The second kappa shape index (κ2) is 6.70. The van der Waals surface area contributed by atoms with Gasteiger partial charge < -0.3 is 23.8 Å². The number of amides is 2. The minimum atomic E-state index is -0.167. The summed E-state index contributed by atoms with van der Waals surface area (Å²) in [6.45, 7) is 4.02. The van der Waals surface area contributed by atoms with Gasteiger partial charge >= 0.3 is 0 Å². The smallest absolute Gasteiger partial charge is 0.276 e. The molecule has 2 aromatic rings. The third-order valence-corrected chi connectivity index (χ3v) is 4.54. The normalized spacial score (nSPS) is 16.5. The Balaban J connectivity index is 1.43. The molecule has 1 aromatic carbocycles. The summed E-state index contributed by atoms with van der Waals surface area (Å²) in [6.07, 6.45) is 0.707. The number of carbonyl (C=O) groups is 2. The molecule has 3 heterocycles. The standard InChI is InChI=1S/C18H19N3O5/c1-12-9-14(19-26-12)18(23)21-6-2-5-20(7-8-21)17(22)13-3-4-15-16(10-13)25-11-24-15/h3-4,9-10H,2,5-8,11H2,1H3. The highest BCUT2D eigenvalue weighted by Gasteiger charge is 2.26. The van der Waals surface area contributed by atoms with Gasteiger partial charge in [-0.1, -0.05) is 5.16 Å². The Hall–Kier alpha value is -3.03. The van der Waals surface area contributed by atoms with E-state index >= 15 is 0 Å². The van der Waals surface area contributed by atoms with E-state index in [1.165, 1.54) is 0 Å². The molecular weight excluding hydrogens is 338 g/mol. The van der Waals surface area contributed by atoms with Crippen LogP contribution >= 0.6 is 0 Å². The molecule has 2 aliphatic rings. The number of nitrogens with zero attached hydrogens (tertiary/aromatic N) is 3. The first kappa shape index (κ1) is 16.4. The molecule has 4 rings (SSSR count). The summed E-state index contributed by atoms with van der Waals surface area (Å²) < 4.78 is 15.6. The van der Waals surface area contributed by atoms with Gasteiger partial charge in [0.05, 0.1) is 0 Å². The SMILES string of the molecule is Cc1cc(C(=O)N2CCCN(C(=O)c3ccc4c(c3)OCO4)CC2)no1. The number of ether oxygens (including phenoxy) is 2. The van der Waals surface area contributed by atoms with Crippen molar-refractivity contribution in [3.8, 4) is 11.5 Å². The zero-order valence-corrected chi connectivity index (χ0v) is 14.4. The van der Waals surface area contributed by atoms with Crippen molar-refractivity contribution >= 4 is 11.8 Å². The number of carbonyl (C=O) groups excluding carboxylic acids is 2. The van der Waals surface area contributed by atoms with E-state index in [4.69, 9.17) is 14.0 Å². The number of hydrogen-bond donors (Lipinski definition) is 0. The molecule has 0 unspecified atom stereocenters. The molecule has 0 radical (unpaired) electrons. The van der Waals surface area contributed by atoms with Crippen molar-refractivity contribution in [2.45, 2.75) is 13.3 Å². The number of fused-ring (bicyclic) bond motifs is 1. The second-order valence-electron chi connectivity index (χ2n) is 6.33. The first-order chi connectivity index (χ1) is 12.6. The number of hydrogen-bond acceptors (Lipinski definition) is 6. The van der Waals surface area contributed by atoms with E-state index < -0.39 is 0 Å². The first-order valence-electron chi connectivity index (χ1n) is 8.53. The van der Waals surface area contributed by atoms with E-state index in [1.807, 2.05) is 0 Å². The van der Waals surface area contributed by atoms with E-state index in [0.717, 1.165) is 0 Å². The monoisotopic (exact) mass is 357 g/mol. The Morgan fingerprint density at radius 1 is 0.962 bits per heavy atom. The first-order valence-corrected chi connectivity index (χ1v) is 8.53. The van der Waals surface area contributed by atoms with Gasteiger partial charge in [0.15, 0.2) is 17.2 Å². The molecule has 8 nitrogen and oxygen atoms in total. The van der Waals surface area contributed by atoms with Crippen LogP contribution in [-0.2, 0) is 0 Å². The molecule has 8 heteroatoms. The fraction of sp³-hybridized carbons (Fsp3) is 0.389. The molecule has 0 atom stereocenters. The quantitative estimate of drug-likeness (QED) is 0.813. The van der Waals surface area contributed by atoms with Gasteiger partial charge in [0.1, 0.15) is 5.76 Å². The summed E-state index contributed by atoms with van der Waals surface area (Å²) in [5.41, 5.74) is 0.860. The Kier molecular flexibility index (Phi) is 4.24. The van der Waals surface area contributed by atoms with Crippen LogP contribution in [0.3, 0.4) is 0 Å². The van der Waals surface area contributed by atoms with Gasteiger partial charge in [0.2, 0.25) is 6.79 Å². The van der Waals surface area contributed by atoms with Crippen LogP contribution in [0.2, 0.25) is 0 Å². The molecule has 0 N–H and O–H groups in total. The van der Waals surface area contributed by atoms with Crippen LogP contribution in [0.25, 0.3) is 0 Å². The summed E-state index contributed by atoms with van der Waals surface area (Å²) in [4.78, 5) is 28.8. The molecule has 2 aliphatic heterocycles. The lowest BCUT2D eigenvalue weighted by Gasteiger charge is -2.21. The lowest BCUT2D eigenvalue weighted by atomic mass is 10.1. The lowest BCUT2D eigenvalue weighted by molar-refractivity contribution is 0.0713. The molecule has 0 bridgehead atoms. The molecule has 1 aromatic heterocycles. The number of aryl methyl sites for hydroxylation is 1. The van der Waals surface area contributed by atoms with Crippen molar-refractivity contribution < 1.29 is 23.6 Å². The average molecular weight is 357 g/mol. The van der Waals surface area contributed by atoms with E-state index in [2.05, 4.69) is 5.16 Å². The third kappa shape index (κ3) is 3.10. The molecule has 2 amide bonds. The predicted octanol–water partition coefficient (Wildman–Crippen LogP) is 1.70. The Morgan fingerprint density at radius 3 is 2.42 bits per heavy atom. The number of aromatic nitrogens is 1. The van der Waals surface area contributed by atoms with E-state index in [-0.39, 0.29) is 18.6 Å². The summed E-state index contributed by atoms with van der Waals surface area (Å²) in [5.74, 6) is 1.60. The maximum atomic E-state index is 12.8. The van der Waals surface area contributed by atoms with Gasteiger partial charge in [-0.05, 0) is 31.5 Å². The van der Waals surface area contributed by atoms with Crippen LogP contribution < -0.4 is 9.47 Å². The summed E-state index contributed by atoms with van der Waals surface area (Å²) in [5, 5.41) is 3.78. The van der Waals surface area contributed by atoms with Crippen molar-refractivity contribution in [2.75, 3.05) is 33.0 Å². The second-order valence-corrected chi connectivity index (χ2v) is 6.33. The average Bonchev–Trinajstić information content (AvgIpc) is 3.22. The highest BCUT2D eigenvalue weighted by molar-refractivity contribution is 5.95. The van der Waals surface area contributed by atoms with Gasteiger partial charge in [-0.25, -0.2) is 0 Å². The molecule has 136 valence electrons.